The average Bonchev–Trinajstić information content (AvgIpc) is 2.89. The summed E-state index contributed by atoms with van der Waals surface area (Å²) < 4.78 is 26.6. The van der Waals surface area contributed by atoms with Crippen molar-refractivity contribution < 1.29 is 18.7 Å². The summed E-state index contributed by atoms with van der Waals surface area (Å²) in [4.78, 5) is 14.0. The maximum absolute atomic E-state index is 13.5. The summed E-state index contributed by atoms with van der Waals surface area (Å²) in [6.07, 6.45) is 1.62. The zero-order valence-corrected chi connectivity index (χ0v) is 14.1. The van der Waals surface area contributed by atoms with Gasteiger partial charge in [-0.1, -0.05) is 19.4 Å². The second-order valence-electron chi connectivity index (χ2n) is 6.29. The summed E-state index contributed by atoms with van der Waals surface area (Å²) in [6, 6.07) is 3.05. The third-order valence-electron chi connectivity index (χ3n) is 4.37. The highest BCUT2D eigenvalue weighted by Gasteiger charge is 2.34. The first-order chi connectivity index (χ1) is 11.4. The van der Waals surface area contributed by atoms with Crippen LogP contribution in [-0.4, -0.2) is 48.3 Å². The molecule has 5 nitrogen and oxygen atoms in total. The molecule has 2 rings (SSSR count). The first-order valence-electron chi connectivity index (χ1n) is 8.30. The van der Waals surface area contributed by atoms with Crippen LogP contribution >= 0.6 is 0 Å². The molecule has 3 unspecified atom stereocenters. The standard InChI is InChI=1S/C17H25F2N3O2/c1-3-4-12(23)10-20-17(24)21-15-7-8-22(2)16(15)11-5-6-13(18)14(19)9-11/h5-6,9,12,15-16,23H,3-4,7-8,10H2,1-2H3,(H2,20,21,24). The first kappa shape index (κ1) is 18.6. The summed E-state index contributed by atoms with van der Waals surface area (Å²) in [5.41, 5.74) is 0.630. The van der Waals surface area contributed by atoms with Gasteiger partial charge in [-0.2, -0.15) is 0 Å². The number of amides is 2. The fourth-order valence-corrected chi connectivity index (χ4v) is 3.15. The van der Waals surface area contributed by atoms with Crippen molar-refractivity contribution in [1.82, 2.24) is 15.5 Å². The van der Waals surface area contributed by atoms with E-state index < -0.39 is 17.7 Å². The number of likely N-dealkylation sites (tertiary alicyclic amines) is 1. The molecule has 1 fully saturated rings. The number of hydrogen-bond acceptors (Lipinski definition) is 3. The molecular weight excluding hydrogens is 316 g/mol. The maximum atomic E-state index is 13.5. The fourth-order valence-electron chi connectivity index (χ4n) is 3.15. The number of nitrogens with zero attached hydrogens (tertiary/aromatic N) is 1. The van der Waals surface area contributed by atoms with Crippen molar-refractivity contribution in [2.45, 2.75) is 44.4 Å². The van der Waals surface area contributed by atoms with E-state index in [-0.39, 0.29) is 24.7 Å². The summed E-state index contributed by atoms with van der Waals surface area (Å²) in [7, 11) is 1.89. The summed E-state index contributed by atoms with van der Waals surface area (Å²) in [6.45, 7) is 2.90. The van der Waals surface area contributed by atoms with Gasteiger partial charge >= 0.3 is 6.03 Å². The van der Waals surface area contributed by atoms with E-state index in [0.717, 1.165) is 19.0 Å². The monoisotopic (exact) mass is 341 g/mol. The molecule has 0 aliphatic carbocycles. The molecule has 1 saturated heterocycles. The van der Waals surface area contributed by atoms with Crippen molar-refractivity contribution >= 4 is 6.03 Å². The molecule has 134 valence electrons. The van der Waals surface area contributed by atoms with Gasteiger partial charge in [0, 0.05) is 13.1 Å². The number of likely N-dealkylation sites (N-methyl/N-ethyl adjacent to an activating group) is 1. The van der Waals surface area contributed by atoms with Crippen molar-refractivity contribution in [3.8, 4) is 0 Å². The number of carbonyl (C=O) groups is 1. The lowest BCUT2D eigenvalue weighted by Gasteiger charge is -2.26. The summed E-state index contributed by atoms with van der Waals surface area (Å²) in [5, 5.41) is 15.2. The van der Waals surface area contributed by atoms with Gasteiger partial charge in [-0.15, -0.1) is 0 Å². The topological polar surface area (TPSA) is 64.6 Å². The average molecular weight is 341 g/mol. The minimum Gasteiger partial charge on any atom is -0.391 e. The largest absolute Gasteiger partial charge is 0.391 e. The molecule has 24 heavy (non-hydrogen) atoms. The van der Waals surface area contributed by atoms with Crippen LogP contribution in [0.25, 0.3) is 0 Å². The molecule has 2 amide bonds. The van der Waals surface area contributed by atoms with Crippen LogP contribution in [0.3, 0.4) is 0 Å². The van der Waals surface area contributed by atoms with Gasteiger partial charge < -0.3 is 15.7 Å². The number of rotatable bonds is 6. The Kier molecular flexibility index (Phi) is 6.51. The maximum Gasteiger partial charge on any atom is 0.315 e. The van der Waals surface area contributed by atoms with Crippen LogP contribution < -0.4 is 10.6 Å². The van der Waals surface area contributed by atoms with E-state index >= 15 is 0 Å². The zero-order valence-electron chi connectivity index (χ0n) is 14.1. The number of carbonyl (C=O) groups excluding carboxylic acids is 1. The Morgan fingerprint density at radius 1 is 1.42 bits per heavy atom. The minimum atomic E-state index is -0.890. The Hall–Kier alpha value is -1.73. The third-order valence-corrected chi connectivity index (χ3v) is 4.37. The van der Waals surface area contributed by atoms with Crippen LogP contribution in [0.15, 0.2) is 18.2 Å². The number of urea groups is 1. The lowest BCUT2D eigenvalue weighted by molar-refractivity contribution is 0.159. The first-order valence-corrected chi connectivity index (χ1v) is 8.30. The van der Waals surface area contributed by atoms with Crippen LogP contribution in [0, 0.1) is 11.6 Å². The Morgan fingerprint density at radius 2 is 2.17 bits per heavy atom. The predicted molar refractivity (Wildman–Crippen MR) is 87.6 cm³/mol. The van der Waals surface area contributed by atoms with E-state index in [4.69, 9.17) is 0 Å². The van der Waals surface area contributed by atoms with E-state index in [1.807, 2.05) is 18.9 Å². The van der Waals surface area contributed by atoms with Crippen molar-refractivity contribution in [2.24, 2.45) is 0 Å². The van der Waals surface area contributed by atoms with E-state index in [1.165, 1.54) is 6.07 Å². The molecule has 1 aliphatic rings. The van der Waals surface area contributed by atoms with Gasteiger partial charge in [-0.25, -0.2) is 13.6 Å². The highest BCUT2D eigenvalue weighted by Crippen LogP contribution is 2.31. The van der Waals surface area contributed by atoms with Crippen molar-refractivity contribution in [3.63, 3.8) is 0 Å². The second kappa shape index (κ2) is 8.39. The molecule has 3 N–H and O–H groups in total. The highest BCUT2D eigenvalue weighted by molar-refractivity contribution is 5.74. The minimum absolute atomic E-state index is 0.193. The molecular formula is C17H25F2N3O2. The Bertz CT molecular complexity index is 571. The SMILES string of the molecule is CCCC(O)CNC(=O)NC1CCN(C)C1c1ccc(F)c(F)c1. The van der Waals surface area contributed by atoms with Crippen LogP contribution in [0.2, 0.25) is 0 Å². The third kappa shape index (κ3) is 4.64. The Morgan fingerprint density at radius 3 is 2.83 bits per heavy atom. The van der Waals surface area contributed by atoms with Crippen LogP contribution in [-0.2, 0) is 0 Å². The molecule has 1 aliphatic heterocycles. The second-order valence-corrected chi connectivity index (χ2v) is 6.29. The van der Waals surface area contributed by atoms with Crippen molar-refractivity contribution in [1.29, 1.82) is 0 Å². The normalized spacial score (nSPS) is 22.4. The summed E-state index contributed by atoms with van der Waals surface area (Å²) in [5.74, 6) is -1.77. The highest BCUT2D eigenvalue weighted by atomic mass is 19.2. The molecule has 3 atom stereocenters. The number of aliphatic hydroxyl groups is 1. The van der Waals surface area contributed by atoms with Gasteiger partial charge in [0.25, 0.3) is 0 Å². The van der Waals surface area contributed by atoms with Gasteiger partial charge in [-0.3, -0.25) is 4.90 Å². The van der Waals surface area contributed by atoms with E-state index in [0.29, 0.717) is 18.4 Å². The van der Waals surface area contributed by atoms with Gasteiger partial charge in [0.05, 0.1) is 18.2 Å². The molecule has 7 heteroatoms. The lowest BCUT2D eigenvalue weighted by Crippen LogP contribution is -2.46. The molecule has 1 aromatic carbocycles. The van der Waals surface area contributed by atoms with Crippen molar-refractivity contribution in [3.05, 3.63) is 35.4 Å². The molecule has 0 aromatic heterocycles. The van der Waals surface area contributed by atoms with Gasteiger partial charge in [0.1, 0.15) is 0 Å². The van der Waals surface area contributed by atoms with E-state index in [2.05, 4.69) is 10.6 Å². The zero-order chi connectivity index (χ0) is 17.7. The molecule has 0 radical (unpaired) electrons. The number of nitrogens with one attached hydrogen (secondary N) is 2. The molecule has 0 saturated carbocycles. The molecule has 1 heterocycles. The molecule has 1 aromatic rings. The van der Waals surface area contributed by atoms with Crippen LogP contribution in [0.5, 0.6) is 0 Å². The number of aliphatic hydroxyl groups excluding tert-OH is 1. The van der Waals surface area contributed by atoms with Gasteiger partial charge in [-0.05, 0) is 37.6 Å². The smallest absolute Gasteiger partial charge is 0.315 e. The summed E-state index contributed by atoms with van der Waals surface area (Å²) >= 11 is 0. The van der Waals surface area contributed by atoms with E-state index in [1.54, 1.807) is 6.07 Å². The van der Waals surface area contributed by atoms with Gasteiger partial charge in [0.15, 0.2) is 11.6 Å². The number of halogens is 2. The Balaban J connectivity index is 1.98. The lowest BCUT2D eigenvalue weighted by atomic mass is 10.00. The van der Waals surface area contributed by atoms with Crippen LogP contribution in [0.1, 0.15) is 37.8 Å². The molecule has 0 bridgehead atoms. The molecule has 0 spiro atoms. The van der Waals surface area contributed by atoms with E-state index in [9.17, 15) is 18.7 Å². The predicted octanol–water partition coefficient (Wildman–Crippen LogP) is 2.17. The number of benzene rings is 1. The fraction of sp³-hybridized carbons (Fsp3) is 0.588. The quantitative estimate of drug-likeness (QED) is 0.743. The van der Waals surface area contributed by atoms with Crippen molar-refractivity contribution in [2.75, 3.05) is 20.1 Å². The number of hydrogen-bond donors (Lipinski definition) is 3. The Labute approximate surface area is 141 Å². The van der Waals surface area contributed by atoms with Gasteiger partial charge in [0.2, 0.25) is 0 Å². The van der Waals surface area contributed by atoms with Crippen LogP contribution in [0.4, 0.5) is 13.6 Å².